The summed E-state index contributed by atoms with van der Waals surface area (Å²) >= 11 is 0. The number of alkyl halides is 3. The van der Waals surface area contributed by atoms with E-state index in [1.165, 1.54) is 24.3 Å². The Kier molecular flexibility index (Phi) is 4.99. The highest BCUT2D eigenvalue weighted by atomic mass is 19.4. The molecule has 2 amide bonds. The third-order valence-electron chi connectivity index (χ3n) is 3.83. The third kappa shape index (κ3) is 4.05. The van der Waals surface area contributed by atoms with Gasteiger partial charge in [-0.15, -0.1) is 0 Å². The molecule has 0 unspecified atom stereocenters. The number of hydrazine groups is 1. The summed E-state index contributed by atoms with van der Waals surface area (Å²) in [5.74, 6) is -1.24. The maximum Gasteiger partial charge on any atom is 0.416 e. The summed E-state index contributed by atoms with van der Waals surface area (Å²) in [5.41, 5.74) is 3.78. The lowest BCUT2D eigenvalue weighted by Gasteiger charge is -2.10. The summed E-state index contributed by atoms with van der Waals surface area (Å²) in [6.07, 6.45) is -3.74. The predicted octanol–water partition coefficient (Wildman–Crippen LogP) is 2.91. The van der Waals surface area contributed by atoms with Crippen molar-refractivity contribution in [2.75, 3.05) is 6.61 Å². The molecule has 1 aromatic heterocycles. The van der Waals surface area contributed by atoms with Crippen molar-refractivity contribution < 1.29 is 31.9 Å². The van der Waals surface area contributed by atoms with Crippen LogP contribution in [-0.4, -0.2) is 24.5 Å². The number of carbonyl (C=O) groups excluding carboxylic acids is 2. The van der Waals surface area contributed by atoms with Gasteiger partial charge in [0.25, 0.3) is 5.91 Å². The molecule has 9 heteroatoms. The van der Waals surface area contributed by atoms with Crippen molar-refractivity contribution >= 4 is 11.8 Å². The molecule has 0 radical (unpaired) electrons. The number of amides is 2. The first-order valence-electron chi connectivity index (χ1n) is 7.84. The Bertz CT molecular complexity index is 810. The fourth-order valence-electron chi connectivity index (χ4n) is 2.51. The second-order valence-electron chi connectivity index (χ2n) is 5.69. The molecular formula is C17H15F3N2O4. The first-order chi connectivity index (χ1) is 12.3. The van der Waals surface area contributed by atoms with E-state index < -0.39 is 29.7 Å². The average molecular weight is 368 g/mol. The molecule has 2 heterocycles. The SMILES string of the molecule is O=C(NNC(=O)[C@@H]1CCCO1)c1ccc(-c2cccc(C(F)(F)F)c2)o1. The average Bonchev–Trinajstić information content (AvgIpc) is 3.30. The Balaban J connectivity index is 1.65. The van der Waals surface area contributed by atoms with Gasteiger partial charge in [-0.25, -0.2) is 0 Å². The highest BCUT2D eigenvalue weighted by molar-refractivity contribution is 5.94. The van der Waals surface area contributed by atoms with Crippen molar-refractivity contribution in [3.05, 3.63) is 47.7 Å². The highest BCUT2D eigenvalue weighted by Gasteiger charge is 2.30. The molecule has 138 valence electrons. The Hall–Kier alpha value is -2.81. The van der Waals surface area contributed by atoms with Gasteiger partial charge >= 0.3 is 12.1 Å². The minimum Gasteiger partial charge on any atom is -0.451 e. The van der Waals surface area contributed by atoms with E-state index in [2.05, 4.69) is 10.9 Å². The number of benzene rings is 1. The quantitative estimate of drug-likeness (QED) is 0.817. The second-order valence-corrected chi connectivity index (χ2v) is 5.69. The molecule has 3 rings (SSSR count). The van der Waals surface area contributed by atoms with Crippen molar-refractivity contribution in [2.45, 2.75) is 25.1 Å². The Morgan fingerprint density at radius 3 is 2.62 bits per heavy atom. The summed E-state index contributed by atoms with van der Waals surface area (Å²) in [6.45, 7) is 0.491. The van der Waals surface area contributed by atoms with Gasteiger partial charge < -0.3 is 9.15 Å². The molecule has 1 aliphatic rings. The molecule has 1 aliphatic heterocycles. The van der Waals surface area contributed by atoms with E-state index in [4.69, 9.17) is 9.15 Å². The smallest absolute Gasteiger partial charge is 0.416 e. The monoisotopic (exact) mass is 368 g/mol. The van der Waals surface area contributed by atoms with E-state index in [9.17, 15) is 22.8 Å². The zero-order chi connectivity index (χ0) is 18.7. The zero-order valence-electron chi connectivity index (χ0n) is 13.4. The van der Waals surface area contributed by atoms with Crippen LogP contribution in [0.3, 0.4) is 0 Å². The largest absolute Gasteiger partial charge is 0.451 e. The normalized spacial score (nSPS) is 17.1. The number of carbonyl (C=O) groups is 2. The van der Waals surface area contributed by atoms with E-state index in [0.717, 1.165) is 18.6 Å². The fourth-order valence-corrected chi connectivity index (χ4v) is 2.51. The maximum atomic E-state index is 12.8. The van der Waals surface area contributed by atoms with Gasteiger partial charge in [-0.3, -0.25) is 20.4 Å². The summed E-state index contributed by atoms with van der Waals surface area (Å²) < 4.78 is 48.8. The highest BCUT2D eigenvalue weighted by Crippen LogP contribution is 2.32. The minimum absolute atomic E-state index is 0.103. The van der Waals surface area contributed by atoms with Gasteiger partial charge in [-0.2, -0.15) is 13.2 Å². The van der Waals surface area contributed by atoms with Gasteiger partial charge in [0, 0.05) is 12.2 Å². The topological polar surface area (TPSA) is 80.6 Å². The second kappa shape index (κ2) is 7.20. The lowest BCUT2D eigenvalue weighted by atomic mass is 10.1. The summed E-state index contributed by atoms with van der Waals surface area (Å²) in [5, 5.41) is 0. The summed E-state index contributed by atoms with van der Waals surface area (Å²) in [6, 6.07) is 7.26. The number of halogens is 3. The standard InChI is InChI=1S/C17H15F3N2O4/c18-17(19,20)11-4-1-3-10(9-11)12-6-7-14(26-12)16(24)22-21-15(23)13-5-2-8-25-13/h1,3-4,6-7,9,13H,2,5,8H2,(H,21,23)(H,22,24)/t13-/m0/s1. The van der Waals surface area contributed by atoms with E-state index in [0.29, 0.717) is 13.0 Å². The molecule has 0 aliphatic carbocycles. The van der Waals surface area contributed by atoms with Crippen molar-refractivity contribution in [2.24, 2.45) is 0 Å². The van der Waals surface area contributed by atoms with E-state index in [1.54, 1.807) is 0 Å². The maximum absolute atomic E-state index is 12.8. The Morgan fingerprint density at radius 1 is 1.12 bits per heavy atom. The van der Waals surface area contributed by atoms with Crippen LogP contribution in [0.2, 0.25) is 0 Å². The Labute approximate surface area is 146 Å². The number of hydrogen-bond acceptors (Lipinski definition) is 4. The van der Waals surface area contributed by atoms with Crippen LogP contribution < -0.4 is 10.9 Å². The van der Waals surface area contributed by atoms with Gasteiger partial charge in [-0.1, -0.05) is 12.1 Å². The van der Waals surface area contributed by atoms with Crippen LogP contribution >= 0.6 is 0 Å². The molecule has 0 bridgehead atoms. The van der Waals surface area contributed by atoms with E-state index >= 15 is 0 Å². The van der Waals surface area contributed by atoms with E-state index in [-0.39, 0.29) is 17.1 Å². The minimum atomic E-state index is -4.48. The van der Waals surface area contributed by atoms with Crippen LogP contribution in [0.5, 0.6) is 0 Å². The number of nitrogens with one attached hydrogen (secondary N) is 2. The Morgan fingerprint density at radius 2 is 1.92 bits per heavy atom. The number of ether oxygens (including phenoxy) is 1. The summed E-state index contributed by atoms with van der Waals surface area (Å²) in [4.78, 5) is 23.7. The van der Waals surface area contributed by atoms with Crippen molar-refractivity contribution in [1.29, 1.82) is 0 Å². The van der Waals surface area contributed by atoms with Crippen LogP contribution in [0, 0.1) is 0 Å². The third-order valence-corrected chi connectivity index (χ3v) is 3.83. The van der Waals surface area contributed by atoms with Crippen LogP contribution in [0.1, 0.15) is 29.0 Å². The van der Waals surface area contributed by atoms with Crippen molar-refractivity contribution in [1.82, 2.24) is 10.9 Å². The molecule has 2 aromatic rings. The molecule has 1 saturated heterocycles. The molecule has 1 atom stereocenters. The number of hydrogen-bond donors (Lipinski definition) is 2. The fraction of sp³-hybridized carbons (Fsp3) is 0.294. The van der Waals surface area contributed by atoms with Gasteiger partial charge in [0.15, 0.2) is 5.76 Å². The van der Waals surface area contributed by atoms with Crippen LogP contribution in [0.25, 0.3) is 11.3 Å². The zero-order valence-corrected chi connectivity index (χ0v) is 13.4. The van der Waals surface area contributed by atoms with Gasteiger partial charge in [0.05, 0.1) is 5.56 Å². The first kappa shape index (κ1) is 18.0. The van der Waals surface area contributed by atoms with Gasteiger partial charge in [0.1, 0.15) is 11.9 Å². The number of rotatable bonds is 3. The molecule has 2 N–H and O–H groups in total. The first-order valence-corrected chi connectivity index (χ1v) is 7.84. The predicted molar refractivity (Wildman–Crippen MR) is 83.7 cm³/mol. The molecule has 1 fully saturated rings. The van der Waals surface area contributed by atoms with Crippen molar-refractivity contribution in [3.63, 3.8) is 0 Å². The van der Waals surface area contributed by atoms with Gasteiger partial charge in [-0.05, 0) is 37.1 Å². The lowest BCUT2D eigenvalue weighted by molar-refractivity contribution is -0.137. The molecular weight excluding hydrogens is 353 g/mol. The molecule has 1 aromatic carbocycles. The molecule has 6 nitrogen and oxygen atoms in total. The lowest BCUT2D eigenvalue weighted by Crippen LogP contribution is -2.46. The van der Waals surface area contributed by atoms with Crippen molar-refractivity contribution in [3.8, 4) is 11.3 Å². The van der Waals surface area contributed by atoms with E-state index in [1.807, 2.05) is 0 Å². The number of furan rings is 1. The van der Waals surface area contributed by atoms with Crippen LogP contribution in [-0.2, 0) is 15.7 Å². The molecule has 0 spiro atoms. The molecule has 26 heavy (non-hydrogen) atoms. The summed E-state index contributed by atoms with van der Waals surface area (Å²) in [7, 11) is 0. The molecule has 0 saturated carbocycles. The van der Waals surface area contributed by atoms with Crippen LogP contribution in [0.4, 0.5) is 13.2 Å². The van der Waals surface area contributed by atoms with Crippen LogP contribution in [0.15, 0.2) is 40.8 Å². The van der Waals surface area contributed by atoms with Gasteiger partial charge in [0.2, 0.25) is 0 Å².